The van der Waals surface area contributed by atoms with E-state index in [1.165, 1.54) is 0 Å². The van der Waals surface area contributed by atoms with Crippen molar-refractivity contribution in [2.75, 3.05) is 12.4 Å². The normalized spacial score (nSPS) is 11.9. The molecule has 0 aliphatic heterocycles. The number of aromatic nitrogens is 2. The van der Waals surface area contributed by atoms with Crippen molar-refractivity contribution >= 4 is 23.4 Å². The number of nitrogens with zero attached hydrogens (tertiary/aromatic N) is 2. The van der Waals surface area contributed by atoms with E-state index >= 15 is 0 Å². The maximum absolute atomic E-state index is 14.8. The van der Waals surface area contributed by atoms with Crippen LogP contribution in [0, 0.1) is 19.7 Å². The third-order valence-corrected chi connectivity index (χ3v) is 6.50. The summed E-state index contributed by atoms with van der Waals surface area (Å²) in [5.74, 6) is 0.262. The molecule has 2 aromatic carbocycles. The Balaban J connectivity index is 0.00000287. The first-order valence-electron chi connectivity index (χ1n) is 13.8. The highest BCUT2D eigenvalue weighted by molar-refractivity contribution is 5.97. The summed E-state index contributed by atoms with van der Waals surface area (Å²) in [5.41, 5.74) is 2.58. The van der Waals surface area contributed by atoms with Gasteiger partial charge in [-0.15, -0.1) is 0 Å². The third-order valence-electron chi connectivity index (χ3n) is 6.50. The standard InChI is InChI=1S/C30H34F4N4O.C2H6/c1-7-9-21(10-11-27-37-26(35-5)17-38(27)6)24-15-25(19(4)12-18(24)3)29(39)36-16-22-14-23(30(32,33)34)13-20(8-2)28(22)31;1-2/h9-15,17,35H,7-8,16H2,1-6H3,(H,36,39);1-2H3/b11-10-,21-9-;. The van der Waals surface area contributed by atoms with Gasteiger partial charge < -0.3 is 15.2 Å². The van der Waals surface area contributed by atoms with Gasteiger partial charge in [0.1, 0.15) is 17.5 Å². The lowest BCUT2D eigenvalue weighted by atomic mass is 9.93. The average Bonchev–Trinajstić information content (AvgIpc) is 3.30. The molecule has 1 heterocycles. The van der Waals surface area contributed by atoms with Crippen molar-refractivity contribution in [1.82, 2.24) is 14.9 Å². The van der Waals surface area contributed by atoms with Crippen LogP contribution in [0.4, 0.5) is 23.4 Å². The van der Waals surface area contributed by atoms with E-state index in [0.29, 0.717) is 11.1 Å². The Hall–Kier alpha value is -3.88. The lowest BCUT2D eigenvalue weighted by Gasteiger charge is -2.16. The highest BCUT2D eigenvalue weighted by Gasteiger charge is 2.32. The van der Waals surface area contributed by atoms with Crippen molar-refractivity contribution < 1.29 is 22.4 Å². The van der Waals surface area contributed by atoms with E-state index in [4.69, 9.17) is 0 Å². The van der Waals surface area contributed by atoms with Gasteiger partial charge >= 0.3 is 6.18 Å². The van der Waals surface area contributed by atoms with Crippen LogP contribution in [0.5, 0.6) is 0 Å². The number of aryl methyl sites for hydroxylation is 4. The molecule has 5 nitrogen and oxygen atoms in total. The van der Waals surface area contributed by atoms with Crippen LogP contribution in [0.1, 0.15) is 83.7 Å². The summed E-state index contributed by atoms with van der Waals surface area (Å²) in [6.07, 6.45) is 3.99. The number of hydrogen-bond donors (Lipinski definition) is 2. The lowest BCUT2D eigenvalue weighted by molar-refractivity contribution is -0.137. The number of nitrogens with one attached hydrogen (secondary N) is 2. The molecule has 0 atom stereocenters. The minimum Gasteiger partial charge on any atom is -0.372 e. The van der Waals surface area contributed by atoms with Crippen molar-refractivity contribution in [1.29, 1.82) is 0 Å². The zero-order valence-corrected chi connectivity index (χ0v) is 25.1. The number of rotatable bonds is 9. The SMILES string of the molecule is CC.CC/C=C(/C=C\c1nc(NC)cn1C)c1cc(C(=O)NCc2cc(C(F)(F)F)cc(CC)c2F)c(C)cc1C. The molecule has 0 aliphatic rings. The summed E-state index contributed by atoms with van der Waals surface area (Å²) in [4.78, 5) is 17.7. The third kappa shape index (κ3) is 8.31. The molecular formula is C32H40F4N4O. The largest absolute Gasteiger partial charge is 0.416 e. The average molecular weight is 573 g/mol. The molecule has 2 N–H and O–H groups in total. The first-order valence-corrected chi connectivity index (χ1v) is 13.8. The van der Waals surface area contributed by atoms with Gasteiger partial charge in [-0.1, -0.05) is 45.9 Å². The van der Waals surface area contributed by atoms with Gasteiger partial charge in [-0.25, -0.2) is 9.37 Å². The fourth-order valence-electron chi connectivity index (χ4n) is 4.39. The number of imidazole rings is 1. The summed E-state index contributed by atoms with van der Waals surface area (Å²) in [6, 6.07) is 5.23. The van der Waals surface area contributed by atoms with Crippen LogP contribution in [-0.4, -0.2) is 22.5 Å². The van der Waals surface area contributed by atoms with Gasteiger partial charge in [0.05, 0.1) is 5.56 Å². The Labute approximate surface area is 240 Å². The van der Waals surface area contributed by atoms with Crippen molar-refractivity contribution in [2.24, 2.45) is 7.05 Å². The molecule has 0 unspecified atom stereocenters. The predicted molar refractivity (Wildman–Crippen MR) is 159 cm³/mol. The molecule has 41 heavy (non-hydrogen) atoms. The summed E-state index contributed by atoms with van der Waals surface area (Å²) < 4.78 is 56.7. The molecule has 0 saturated heterocycles. The van der Waals surface area contributed by atoms with Crippen molar-refractivity contribution in [3.63, 3.8) is 0 Å². The van der Waals surface area contributed by atoms with E-state index in [-0.39, 0.29) is 24.1 Å². The smallest absolute Gasteiger partial charge is 0.372 e. The number of anilines is 1. The highest BCUT2D eigenvalue weighted by atomic mass is 19.4. The van der Waals surface area contributed by atoms with Gasteiger partial charge in [0, 0.05) is 38.0 Å². The second-order valence-corrected chi connectivity index (χ2v) is 9.37. The van der Waals surface area contributed by atoms with E-state index in [9.17, 15) is 22.4 Å². The fraction of sp³-hybridized carbons (Fsp3) is 0.375. The predicted octanol–water partition coefficient (Wildman–Crippen LogP) is 8.26. The molecule has 0 radical (unpaired) electrons. The number of benzene rings is 2. The molecule has 0 fully saturated rings. The Morgan fingerprint density at radius 2 is 1.66 bits per heavy atom. The Morgan fingerprint density at radius 3 is 2.22 bits per heavy atom. The first kappa shape index (κ1) is 33.3. The molecule has 0 aliphatic carbocycles. The van der Waals surface area contributed by atoms with Crippen molar-refractivity contribution in [2.45, 2.75) is 67.1 Å². The fourth-order valence-corrected chi connectivity index (χ4v) is 4.39. The zero-order chi connectivity index (χ0) is 30.9. The van der Waals surface area contributed by atoms with Gasteiger partial charge in [0.2, 0.25) is 0 Å². The minimum absolute atomic E-state index is 0.0430. The molecular weight excluding hydrogens is 532 g/mol. The van der Waals surface area contributed by atoms with Crippen molar-refractivity contribution in [3.05, 3.63) is 93.2 Å². The van der Waals surface area contributed by atoms with Crippen LogP contribution < -0.4 is 10.6 Å². The van der Waals surface area contributed by atoms with Crippen molar-refractivity contribution in [3.8, 4) is 0 Å². The number of carbonyl (C=O) groups is 1. The molecule has 0 saturated carbocycles. The number of hydrogen-bond acceptors (Lipinski definition) is 3. The summed E-state index contributed by atoms with van der Waals surface area (Å²) in [7, 11) is 3.69. The van der Waals surface area contributed by atoms with E-state index in [1.807, 2.05) is 69.8 Å². The summed E-state index contributed by atoms with van der Waals surface area (Å²) in [5, 5.41) is 5.62. The summed E-state index contributed by atoms with van der Waals surface area (Å²) >= 11 is 0. The maximum atomic E-state index is 14.8. The maximum Gasteiger partial charge on any atom is 0.416 e. The number of allylic oxidation sites excluding steroid dienone is 3. The van der Waals surface area contributed by atoms with Gasteiger partial charge in [-0.2, -0.15) is 13.2 Å². The van der Waals surface area contributed by atoms with Crippen LogP contribution >= 0.6 is 0 Å². The molecule has 222 valence electrons. The quantitative estimate of drug-likeness (QED) is 0.200. The van der Waals surface area contributed by atoms with Crippen LogP contribution in [0.2, 0.25) is 0 Å². The Kier molecular flexibility index (Phi) is 11.9. The van der Waals surface area contributed by atoms with Gasteiger partial charge in [-0.05, 0) is 78.8 Å². The van der Waals surface area contributed by atoms with E-state index in [1.54, 1.807) is 27.0 Å². The number of alkyl halides is 3. The Bertz CT molecular complexity index is 1420. The minimum atomic E-state index is -4.61. The number of amides is 1. The molecule has 0 bridgehead atoms. The van der Waals surface area contributed by atoms with Crippen LogP contribution in [0.25, 0.3) is 11.6 Å². The highest BCUT2D eigenvalue weighted by Crippen LogP contribution is 2.32. The topological polar surface area (TPSA) is 59.0 Å². The molecule has 3 rings (SSSR count). The number of carbonyl (C=O) groups excluding carboxylic acids is 1. The lowest BCUT2D eigenvalue weighted by Crippen LogP contribution is -2.25. The zero-order valence-electron chi connectivity index (χ0n) is 25.1. The second-order valence-electron chi connectivity index (χ2n) is 9.37. The molecule has 3 aromatic rings. The van der Waals surface area contributed by atoms with Crippen LogP contribution in [-0.2, 0) is 26.2 Å². The first-order chi connectivity index (χ1) is 19.4. The van der Waals surface area contributed by atoms with Gasteiger partial charge in [0.25, 0.3) is 5.91 Å². The Morgan fingerprint density at radius 1 is 1.02 bits per heavy atom. The molecule has 1 amide bonds. The molecule has 0 spiro atoms. The van der Waals surface area contributed by atoms with E-state index < -0.39 is 23.5 Å². The molecule has 9 heteroatoms. The molecule has 1 aromatic heterocycles. The van der Waals surface area contributed by atoms with E-state index in [2.05, 4.69) is 15.6 Å². The van der Waals surface area contributed by atoms with Gasteiger partial charge in [0.15, 0.2) is 0 Å². The number of halogens is 4. The second kappa shape index (κ2) is 14.7. The summed E-state index contributed by atoms with van der Waals surface area (Å²) in [6.45, 7) is 11.0. The van der Waals surface area contributed by atoms with Gasteiger partial charge in [-0.3, -0.25) is 4.79 Å². The monoisotopic (exact) mass is 572 g/mol. The van der Waals surface area contributed by atoms with Crippen LogP contribution in [0.15, 0.2) is 42.6 Å². The van der Waals surface area contributed by atoms with E-state index in [0.717, 1.165) is 46.9 Å². The van der Waals surface area contributed by atoms with Crippen LogP contribution in [0.3, 0.4) is 0 Å².